The fourth-order valence-electron chi connectivity index (χ4n) is 7.70. The minimum atomic E-state index is -1.02. The van der Waals surface area contributed by atoms with E-state index >= 15 is 0 Å². The van der Waals surface area contributed by atoms with Crippen molar-refractivity contribution >= 4 is 23.4 Å². The van der Waals surface area contributed by atoms with E-state index in [1.54, 1.807) is 22.0 Å². The Hall–Kier alpha value is -2.97. The van der Waals surface area contributed by atoms with E-state index in [1.165, 1.54) is 6.42 Å². The van der Waals surface area contributed by atoms with Gasteiger partial charge in [-0.2, -0.15) is 0 Å². The number of nitrogens with zero attached hydrogens (tertiary/aromatic N) is 3. The number of ether oxygens (including phenoxy) is 1. The van der Waals surface area contributed by atoms with Crippen LogP contribution in [0.25, 0.3) is 0 Å². The summed E-state index contributed by atoms with van der Waals surface area (Å²) in [7, 11) is 0. The fraction of sp³-hybridized carbons (Fsp3) is 0.594. The molecule has 3 amide bonds. The van der Waals surface area contributed by atoms with E-state index in [-0.39, 0.29) is 30.4 Å². The van der Waals surface area contributed by atoms with Crippen molar-refractivity contribution in [1.82, 2.24) is 9.80 Å². The average Bonchev–Trinajstić information content (AvgIpc) is 3.62. The van der Waals surface area contributed by atoms with E-state index in [0.29, 0.717) is 45.3 Å². The minimum absolute atomic E-state index is 0.0210. The molecule has 8 nitrogen and oxygen atoms in total. The van der Waals surface area contributed by atoms with Crippen LogP contribution in [0.3, 0.4) is 0 Å². The normalized spacial score (nSPS) is 29.3. The van der Waals surface area contributed by atoms with Gasteiger partial charge in [0.1, 0.15) is 11.6 Å². The summed E-state index contributed by atoms with van der Waals surface area (Å²) in [6, 6.07) is 8.76. The van der Waals surface area contributed by atoms with E-state index in [4.69, 9.17) is 4.74 Å². The van der Waals surface area contributed by atoms with Crippen molar-refractivity contribution in [2.24, 2.45) is 11.8 Å². The molecule has 3 aliphatic heterocycles. The van der Waals surface area contributed by atoms with Crippen LogP contribution in [0.2, 0.25) is 0 Å². The average molecular weight is 550 g/mol. The Morgan fingerprint density at radius 3 is 2.42 bits per heavy atom. The van der Waals surface area contributed by atoms with Gasteiger partial charge in [-0.1, -0.05) is 49.6 Å². The molecule has 3 saturated heterocycles. The zero-order valence-electron chi connectivity index (χ0n) is 23.5. The van der Waals surface area contributed by atoms with Crippen LogP contribution in [0.1, 0.15) is 57.8 Å². The van der Waals surface area contributed by atoms with Gasteiger partial charge >= 0.3 is 0 Å². The molecule has 4 fully saturated rings. The highest BCUT2D eigenvalue weighted by Gasteiger charge is 2.75. The van der Waals surface area contributed by atoms with Gasteiger partial charge in [0, 0.05) is 38.0 Å². The number of amides is 3. The third-order valence-electron chi connectivity index (χ3n) is 9.40. The van der Waals surface area contributed by atoms with E-state index < -0.39 is 29.6 Å². The number of para-hydroxylation sites is 1. The number of hydrogen-bond donors (Lipinski definition) is 1. The third kappa shape index (κ3) is 4.90. The van der Waals surface area contributed by atoms with Crippen molar-refractivity contribution in [1.29, 1.82) is 0 Å². The molecule has 0 radical (unpaired) electrons. The van der Waals surface area contributed by atoms with Gasteiger partial charge in [-0.3, -0.25) is 14.4 Å². The first kappa shape index (κ1) is 28.6. The van der Waals surface area contributed by atoms with Gasteiger partial charge in [-0.15, -0.1) is 13.2 Å². The molecule has 1 aromatic rings. The van der Waals surface area contributed by atoms with Crippen molar-refractivity contribution in [2.45, 2.75) is 81.6 Å². The topological polar surface area (TPSA) is 90.4 Å². The van der Waals surface area contributed by atoms with E-state index in [1.807, 2.05) is 35.2 Å². The molecule has 1 aliphatic carbocycles. The van der Waals surface area contributed by atoms with Gasteiger partial charge in [-0.25, -0.2) is 0 Å². The lowest BCUT2D eigenvalue weighted by atomic mass is 9.70. The Labute approximate surface area is 237 Å². The molecule has 5 rings (SSSR count). The smallest absolute Gasteiger partial charge is 0.248 e. The SMILES string of the molecule is C=CCN(C(=O)[C@@H]1[C@@H]2CCC3(O2)C(C(=O)N(CC=C)C2CCCCC2)N(CCCCO)C(=O)[C@H]13)c1ccccc1. The molecule has 1 aromatic carbocycles. The van der Waals surface area contributed by atoms with E-state index in [2.05, 4.69) is 13.2 Å². The number of aliphatic hydroxyl groups excluding tert-OH is 1. The highest BCUT2D eigenvalue weighted by molar-refractivity contribution is 6.03. The van der Waals surface area contributed by atoms with Crippen LogP contribution in [0.4, 0.5) is 5.69 Å². The zero-order valence-corrected chi connectivity index (χ0v) is 23.5. The van der Waals surface area contributed by atoms with Crippen LogP contribution in [0.15, 0.2) is 55.6 Å². The van der Waals surface area contributed by atoms with Crippen LogP contribution < -0.4 is 4.90 Å². The maximum atomic E-state index is 14.5. The van der Waals surface area contributed by atoms with Crippen molar-refractivity contribution in [3.63, 3.8) is 0 Å². The lowest BCUT2D eigenvalue weighted by Crippen LogP contribution is -2.58. The summed E-state index contributed by atoms with van der Waals surface area (Å²) < 4.78 is 6.68. The summed E-state index contributed by atoms with van der Waals surface area (Å²) >= 11 is 0. The minimum Gasteiger partial charge on any atom is -0.396 e. The summed E-state index contributed by atoms with van der Waals surface area (Å²) in [5.41, 5.74) is -0.278. The summed E-state index contributed by atoms with van der Waals surface area (Å²) in [5.74, 6) is -1.80. The quantitative estimate of drug-likeness (QED) is 0.317. The molecule has 0 aromatic heterocycles. The first-order valence-electron chi connectivity index (χ1n) is 15.0. The van der Waals surface area contributed by atoms with Gasteiger partial charge in [0.05, 0.1) is 17.9 Å². The van der Waals surface area contributed by atoms with Crippen molar-refractivity contribution in [2.75, 3.05) is 31.1 Å². The Balaban J connectivity index is 1.51. The zero-order chi connectivity index (χ0) is 28.3. The monoisotopic (exact) mass is 549 g/mol. The number of benzene rings is 1. The number of rotatable bonds is 12. The molecule has 40 heavy (non-hydrogen) atoms. The van der Waals surface area contributed by atoms with Crippen LogP contribution in [0.5, 0.6) is 0 Å². The van der Waals surface area contributed by atoms with Crippen LogP contribution in [0, 0.1) is 11.8 Å². The molecule has 1 spiro atoms. The van der Waals surface area contributed by atoms with Crippen LogP contribution >= 0.6 is 0 Å². The predicted octanol–water partition coefficient (Wildman–Crippen LogP) is 3.70. The summed E-state index contributed by atoms with van der Waals surface area (Å²) in [6.45, 7) is 8.89. The van der Waals surface area contributed by atoms with Crippen molar-refractivity contribution < 1.29 is 24.2 Å². The Morgan fingerprint density at radius 1 is 1.02 bits per heavy atom. The van der Waals surface area contributed by atoms with Crippen LogP contribution in [-0.4, -0.2) is 82.7 Å². The highest BCUT2D eigenvalue weighted by Crippen LogP contribution is 2.59. The van der Waals surface area contributed by atoms with Crippen molar-refractivity contribution in [3.8, 4) is 0 Å². The second-order valence-electron chi connectivity index (χ2n) is 11.7. The lowest BCUT2D eigenvalue weighted by molar-refractivity contribution is -0.150. The van der Waals surface area contributed by atoms with Crippen LogP contribution in [-0.2, 0) is 19.1 Å². The number of carbonyl (C=O) groups excluding carboxylic acids is 3. The largest absolute Gasteiger partial charge is 0.396 e. The second kappa shape index (κ2) is 12.3. The molecule has 3 heterocycles. The molecule has 5 atom stereocenters. The maximum absolute atomic E-state index is 14.5. The molecule has 4 aliphatic rings. The van der Waals surface area contributed by atoms with Gasteiger partial charge in [0.25, 0.3) is 0 Å². The number of anilines is 1. The molecule has 216 valence electrons. The Bertz CT molecular complexity index is 1100. The van der Waals surface area contributed by atoms with Gasteiger partial charge in [0.2, 0.25) is 17.7 Å². The highest BCUT2D eigenvalue weighted by atomic mass is 16.5. The second-order valence-corrected chi connectivity index (χ2v) is 11.7. The Kier molecular flexibility index (Phi) is 8.76. The van der Waals surface area contributed by atoms with Gasteiger partial charge < -0.3 is 24.5 Å². The molecular formula is C32H43N3O5. The fourth-order valence-corrected chi connectivity index (χ4v) is 7.70. The lowest BCUT2D eigenvalue weighted by Gasteiger charge is -2.40. The van der Waals surface area contributed by atoms with E-state index in [0.717, 1.165) is 31.4 Å². The number of fused-ring (bicyclic) bond motifs is 1. The predicted molar refractivity (Wildman–Crippen MR) is 153 cm³/mol. The molecule has 2 unspecified atom stereocenters. The standard InChI is InChI=1S/C32H43N3O5/c1-3-19-33(23-13-7-5-8-14-23)29(37)26-25-17-18-32(40-25)27(26)30(38)35(21-11-12-22-36)28(32)31(39)34(20-4-2)24-15-9-6-10-16-24/h3-5,7-8,13-14,24-28,36H,1-2,6,9-12,15-22H2/t25-,26+,27-,28?,32?/m0/s1. The number of unbranched alkanes of at least 4 members (excludes halogenated alkanes) is 1. The summed E-state index contributed by atoms with van der Waals surface area (Å²) in [6.07, 6.45) is 10.6. The molecule has 2 bridgehead atoms. The Morgan fingerprint density at radius 2 is 1.75 bits per heavy atom. The number of aliphatic hydroxyl groups is 1. The third-order valence-corrected chi connectivity index (χ3v) is 9.40. The maximum Gasteiger partial charge on any atom is 0.248 e. The summed E-state index contributed by atoms with van der Waals surface area (Å²) in [4.78, 5) is 48.3. The van der Waals surface area contributed by atoms with Gasteiger partial charge in [0.15, 0.2) is 0 Å². The molecule has 8 heteroatoms. The molecule has 1 saturated carbocycles. The number of carbonyl (C=O) groups is 3. The molecule has 1 N–H and O–H groups in total. The van der Waals surface area contributed by atoms with E-state index in [9.17, 15) is 19.5 Å². The first-order valence-corrected chi connectivity index (χ1v) is 15.0. The first-order chi connectivity index (χ1) is 19.5. The summed E-state index contributed by atoms with van der Waals surface area (Å²) in [5, 5.41) is 9.44. The van der Waals surface area contributed by atoms with Crippen molar-refractivity contribution in [3.05, 3.63) is 55.6 Å². The van der Waals surface area contributed by atoms with Gasteiger partial charge in [-0.05, 0) is 50.7 Å². The molecular weight excluding hydrogens is 506 g/mol. The number of likely N-dealkylation sites (tertiary alicyclic amines) is 1. The number of hydrogen-bond acceptors (Lipinski definition) is 5.